The van der Waals surface area contributed by atoms with Crippen molar-refractivity contribution in [3.8, 4) is 0 Å². The second-order valence-electron chi connectivity index (χ2n) is 7.68. The molecule has 0 aromatic heterocycles. The Hall–Kier alpha value is -2.88. The zero-order valence-corrected chi connectivity index (χ0v) is 16.9. The summed E-state index contributed by atoms with van der Waals surface area (Å²) in [5.41, 5.74) is 2.86. The summed E-state index contributed by atoms with van der Waals surface area (Å²) in [6.07, 6.45) is 2.19. The summed E-state index contributed by atoms with van der Waals surface area (Å²) in [4.78, 5) is 27.0. The molecule has 0 heterocycles. The van der Waals surface area contributed by atoms with E-state index < -0.39 is 23.3 Å². The van der Waals surface area contributed by atoms with Crippen molar-refractivity contribution in [2.24, 2.45) is 11.3 Å². The molecule has 1 unspecified atom stereocenters. The fourth-order valence-corrected chi connectivity index (χ4v) is 5.27. The summed E-state index contributed by atoms with van der Waals surface area (Å²) in [5.74, 6) is -1.53. The summed E-state index contributed by atoms with van der Waals surface area (Å²) in [6.45, 7) is 8.00. The lowest BCUT2D eigenvalue weighted by Gasteiger charge is -2.38. The van der Waals surface area contributed by atoms with E-state index in [1.807, 2.05) is 42.5 Å². The van der Waals surface area contributed by atoms with Gasteiger partial charge in [-0.05, 0) is 48.4 Å². The van der Waals surface area contributed by atoms with Gasteiger partial charge in [-0.15, -0.1) is 6.58 Å². The van der Waals surface area contributed by atoms with Gasteiger partial charge < -0.3 is 9.47 Å². The summed E-state index contributed by atoms with van der Waals surface area (Å²) in [6, 6.07) is 16.2. The quantitative estimate of drug-likeness (QED) is 0.426. The maximum atomic E-state index is 13.5. The number of esters is 2. The molecule has 0 radical (unpaired) electrons. The molecule has 4 nitrogen and oxygen atoms in total. The Balaban J connectivity index is 2.08. The molecule has 0 spiro atoms. The van der Waals surface area contributed by atoms with Crippen LogP contribution in [0.25, 0.3) is 0 Å². The Morgan fingerprint density at radius 2 is 1.38 bits per heavy atom. The Bertz CT molecular complexity index is 895. The number of allylic oxidation sites excluding steroid dienone is 1. The molecule has 0 aliphatic heterocycles. The van der Waals surface area contributed by atoms with E-state index in [0.29, 0.717) is 6.42 Å². The third kappa shape index (κ3) is 2.73. The van der Waals surface area contributed by atoms with Crippen LogP contribution in [0.1, 0.15) is 54.4 Å². The Labute approximate surface area is 171 Å². The van der Waals surface area contributed by atoms with E-state index in [1.165, 1.54) is 0 Å². The number of fused-ring (bicyclic) bond motifs is 2. The van der Waals surface area contributed by atoms with Crippen molar-refractivity contribution < 1.29 is 19.1 Å². The van der Waals surface area contributed by atoms with Gasteiger partial charge in [-0.25, -0.2) is 0 Å². The van der Waals surface area contributed by atoms with Crippen LogP contribution in [-0.4, -0.2) is 25.2 Å². The first kappa shape index (κ1) is 19.4. The molecule has 4 heteroatoms. The predicted octanol–water partition coefficient (Wildman–Crippen LogP) is 4.58. The van der Waals surface area contributed by atoms with Crippen LogP contribution in [-0.2, 0) is 19.1 Å². The van der Waals surface area contributed by atoms with E-state index in [2.05, 4.69) is 18.7 Å². The van der Waals surface area contributed by atoms with Crippen LogP contribution in [0.5, 0.6) is 0 Å². The van der Waals surface area contributed by atoms with Gasteiger partial charge in [-0.3, -0.25) is 9.59 Å². The number of hydrogen-bond acceptors (Lipinski definition) is 4. The standard InChI is InChI=1S/C25H26O4/c1-4-16-15-25(23(26)28-5-2,24(27)29-6-3)22-19-13-9-7-11-17(19)21(16)18-12-8-10-14-20(18)22/h4,7-14,16,21-22H,1,5-6,15H2,2-3H3. The molecule has 1 atom stereocenters. The van der Waals surface area contributed by atoms with Crippen molar-refractivity contribution in [3.05, 3.63) is 83.4 Å². The summed E-state index contributed by atoms with van der Waals surface area (Å²) in [5, 5.41) is 0. The third-order valence-electron chi connectivity index (χ3n) is 6.34. The Morgan fingerprint density at radius 3 is 1.79 bits per heavy atom. The van der Waals surface area contributed by atoms with Gasteiger partial charge in [0, 0.05) is 11.8 Å². The van der Waals surface area contributed by atoms with Crippen LogP contribution < -0.4 is 0 Å². The van der Waals surface area contributed by atoms with Crippen LogP contribution in [0, 0.1) is 11.3 Å². The minimum atomic E-state index is -1.44. The van der Waals surface area contributed by atoms with Crippen molar-refractivity contribution in [2.45, 2.75) is 32.1 Å². The zero-order chi connectivity index (χ0) is 20.6. The normalized spacial score (nSPS) is 23.3. The van der Waals surface area contributed by atoms with E-state index in [1.54, 1.807) is 13.8 Å². The Kier molecular flexibility index (Phi) is 5.03. The highest BCUT2D eigenvalue weighted by molar-refractivity contribution is 6.02. The molecule has 29 heavy (non-hydrogen) atoms. The van der Waals surface area contributed by atoms with Gasteiger partial charge in [-0.1, -0.05) is 54.6 Å². The molecular formula is C25H26O4. The average molecular weight is 390 g/mol. The second-order valence-corrected chi connectivity index (χ2v) is 7.68. The average Bonchev–Trinajstić information content (AvgIpc) is 2.96. The molecule has 3 aliphatic carbocycles. The highest BCUT2D eigenvalue weighted by Gasteiger charge is 2.62. The van der Waals surface area contributed by atoms with Gasteiger partial charge in [0.2, 0.25) is 0 Å². The van der Waals surface area contributed by atoms with Crippen molar-refractivity contribution in [1.82, 2.24) is 0 Å². The first-order valence-electron chi connectivity index (χ1n) is 10.2. The number of carbonyl (C=O) groups is 2. The monoisotopic (exact) mass is 390 g/mol. The fourth-order valence-electron chi connectivity index (χ4n) is 5.27. The van der Waals surface area contributed by atoms with Crippen LogP contribution in [0.3, 0.4) is 0 Å². The third-order valence-corrected chi connectivity index (χ3v) is 6.34. The van der Waals surface area contributed by atoms with Crippen molar-refractivity contribution in [1.29, 1.82) is 0 Å². The van der Waals surface area contributed by atoms with E-state index in [4.69, 9.17) is 9.47 Å². The van der Waals surface area contributed by atoms with Gasteiger partial charge in [0.15, 0.2) is 5.41 Å². The molecule has 0 amide bonds. The highest BCUT2D eigenvalue weighted by atomic mass is 16.6. The smallest absolute Gasteiger partial charge is 0.324 e. The van der Waals surface area contributed by atoms with E-state index in [0.717, 1.165) is 22.3 Å². The minimum Gasteiger partial charge on any atom is -0.465 e. The molecule has 5 rings (SSSR count). The van der Waals surface area contributed by atoms with Crippen LogP contribution in [0.4, 0.5) is 0 Å². The first-order valence-corrected chi connectivity index (χ1v) is 10.2. The van der Waals surface area contributed by atoms with Crippen molar-refractivity contribution >= 4 is 11.9 Å². The van der Waals surface area contributed by atoms with E-state index in [9.17, 15) is 9.59 Å². The highest BCUT2D eigenvalue weighted by Crippen LogP contribution is 2.60. The zero-order valence-electron chi connectivity index (χ0n) is 16.9. The lowest BCUT2D eigenvalue weighted by atomic mass is 9.64. The van der Waals surface area contributed by atoms with Gasteiger partial charge >= 0.3 is 11.9 Å². The SMILES string of the molecule is C=CC1CC(C(=O)OCC)(C(=O)OCC)C2c3ccccc3C1c1ccccc12. The largest absolute Gasteiger partial charge is 0.465 e. The van der Waals surface area contributed by atoms with E-state index >= 15 is 0 Å². The molecule has 2 aromatic rings. The molecule has 0 N–H and O–H groups in total. The van der Waals surface area contributed by atoms with Crippen LogP contribution in [0.2, 0.25) is 0 Å². The topological polar surface area (TPSA) is 52.6 Å². The van der Waals surface area contributed by atoms with E-state index in [-0.39, 0.29) is 25.0 Å². The van der Waals surface area contributed by atoms with Crippen LogP contribution >= 0.6 is 0 Å². The number of hydrogen-bond donors (Lipinski definition) is 0. The summed E-state index contributed by atoms with van der Waals surface area (Å²) >= 11 is 0. The molecule has 2 bridgehead atoms. The van der Waals surface area contributed by atoms with Gasteiger partial charge in [0.05, 0.1) is 13.2 Å². The molecule has 2 aromatic carbocycles. The number of benzene rings is 2. The predicted molar refractivity (Wildman–Crippen MR) is 111 cm³/mol. The lowest BCUT2D eigenvalue weighted by Crippen LogP contribution is -2.47. The molecule has 0 saturated carbocycles. The first-order chi connectivity index (χ1) is 14.1. The maximum Gasteiger partial charge on any atom is 0.324 e. The molecular weight excluding hydrogens is 364 g/mol. The second kappa shape index (κ2) is 7.51. The molecule has 150 valence electrons. The molecule has 3 aliphatic rings. The number of rotatable bonds is 5. The van der Waals surface area contributed by atoms with Gasteiger partial charge in [0.25, 0.3) is 0 Å². The summed E-state index contributed by atoms with van der Waals surface area (Å²) < 4.78 is 11.0. The maximum absolute atomic E-state index is 13.5. The van der Waals surface area contributed by atoms with Gasteiger partial charge in [-0.2, -0.15) is 0 Å². The van der Waals surface area contributed by atoms with Crippen LogP contribution in [0.15, 0.2) is 61.2 Å². The lowest BCUT2D eigenvalue weighted by molar-refractivity contribution is -0.174. The van der Waals surface area contributed by atoms with Crippen molar-refractivity contribution in [2.75, 3.05) is 13.2 Å². The minimum absolute atomic E-state index is 0.0434. The molecule has 0 fully saturated rings. The number of carbonyl (C=O) groups excluding carboxylic acids is 2. The fraction of sp³-hybridized carbons (Fsp3) is 0.360. The summed E-state index contributed by atoms with van der Waals surface area (Å²) in [7, 11) is 0. The molecule has 0 saturated heterocycles. The Morgan fingerprint density at radius 1 is 0.931 bits per heavy atom. The van der Waals surface area contributed by atoms with Gasteiger partial charge in [0.1, 0.15) is 0 Å². The number of ether oxygens (including phenoxy) is 2. The van der Waals surface area contributed by atoms with Crippen molar-refractivity contribution in [3.63, 3.8) is 0 Å².